The van der Waals surface area contributed by atoms with Gasteiger partial charge in [0.05, 0.1) is 6.61 Å². The van der Waals surface area contributed by atoms with Crippen molar-refractivity contribution in [1.29, 1.82) is 0 Å². The van der Waals surface area contributed by atoms with Gasteiger partial charge in [0.1, 0.15) is 17.1 Å². The Bertz CT molecular complexity index is 429. The first-order chi connectivity index (χ1) is 6.83. The van der Waals surface area contributed by atoms with Crippen molar-refractivity contribution in [2.24, 2.45) is 0 Å². The van der Waals surface area contributed by atoms with Crippen LogP contribution in [0.25, 0.3) is 11.0 Å². The fraction of sp³-hybridized carbons (Fsp3) is 0.333. The molecule has 1 aromatic carbocycles. The average Bonchev–Trinajstić information content (AvgIpc) is 2.60. The molecule has 0 aliphatic rings. The minimum absolute atomic E-state index is 0.667. The van der Waals surface area contributed by atoms with Crippen LogP contribution in [-0.4, -0.2) is 6.61 Å². The zero-order valence-corrected chi connectivity index (χ0v) is 8.46. The first-order valence-electron chi connectivity index (χ1n) is 4.90. The molecule has 2 nitrogen and oxygen atoms in total. The first-order valence-corrected chi connectivity index (χ1v) is 4.90. The number of fused-ring (bicyclic) bond motifs is 1. The maximum Gasteiger partial charge on any atom is 0.138 e. The molecule has 1 radical (unpaired) electrons. The van der Waals surface area contributed by atoms with Crippen molar-refractivity contribution in [2.75, 3.05) is 6.61 Å². The van der Waals surface area contributed by atoms with E-state index < -0.39 is 0 Å². The molecule has 2 aromatic rings. The molecule has 0 amide bonds. The van der Waals surface area contributed by atoms with Crippen LogP contribution in [0, 0.1) is 6.07 Å². The zero-order chi connectivity index (χ0) is 9.97. The van der Waals surface area contributed by atoms with Gasteiger partial charge in [-0.2, -0.15) is 0 Å². The lowest BCUT2D eigenvalue weighted by Gasteiger charge is -2.00. The summed E-state index contributed by atoms with van der Waals surface area (Å²) in [5.74, 6) is 1.81. The van der Waals surface area contributed by atoms with E-state index in [0.717, 1.165) is 28.9 Å². The van der Waals surface area contributed by atoms with E-state index in [9.17, 15) is 0 Å². The van der Waals surface area contributed by atoms with Crippen molar-refractivity contribution in [3.63, 3.8) is 0 Å². The second-order valence-corrected chi connectivity index (χ2v) is 3.11. The third kappa shape index (κ3) is 1.60. The average molecular weight is 189 g/mol. The quantitative estimate of drug-likeness (QED) is 0.739. The SMILES string of the molecule is CCOc1c[c]c2cc(CC)oc2c1. The number of benzene rings is 1. The largest absolute Gasteiger partial charge is 0.494 e. The number of ether oxygens (including phenoxy) is 1. The monoisotopic (exact) mass is 189 g/mol. The molecule has 73 valence electrons. The van der Waals surface area contributed by atoms with Crippen molar-refractivity contribution in [2.45, 2.75) is 20.3 Å². The summed E-state index contributed by atoms with van der Waals surface area (Å²) in [7, 11) is 0. The van der Waals surface area contributed by atoms with Crippen molar-refractivity contribution < 1.29 is 9.15 Å². The molecule has 14 heavy (non-hydrogen) atoms. The molecule has 0 saturated carbocycles. The molecule has 0 N–H and O–H groups in total. The summed E-state index contributed by atoms with van der Waals surface area (Å²) in [6.45, 7) is 4.70. The van der Waals surface area contributed by atoms with Crippen LogP contribution in [-0.2, 0) is 6.42 Å². The maximum absolute atomic E-state index is 5.59. The predicted octanol–water partition coefficient (Wildman–Crippen LogP) is 3.19. The van der Waals surface area contributed by atoms with Crippen LogP contribution < -0.4 is 4.74 Å². The van der Waals surface area contributed by atoms with Gasteiger partial charge in [-0.1, -0.05) is 6.92 Å². The molecule has 1 heterocycles. The molecule has 0 fully saturated rings. The standard InChI is InChI=1S/C12H13O2/c1-3-10-7-9-5-6-11(13-4-2)8-12(9)14-10/h6-8H,3-4H2,1-2H3. The van der Waals surface area contributed by atoms with E-state index in [1.807, 2.05) is 25.1 Å². The topological polar surface area (TPSA) is 22.4 Å². The Balaban J connectivity index is 2.43. The van der Waals surface area contributed by atoms with Crippen molar-refractivity contribution >= 4 is 11.0 Å². The van der Waals surface area contributed by atoms with E-state index in [2.05, 4.69) is 13.0 Å². The highest BCUT2D eigenvalue weighted by atomic mass is 16.5. The second-order valence-electron chi connectivity index (χ2n) is 3.11. The van der Waals surface area contributed by atoms with Gasteiger partial charge in [0.15, 0.2) is 0 Å². The molecule has 2 heteroatoms. The van der Waals surface area contributed by atoms with E-state index in [4.69, 9.17) is 9.15 Å². The first kappa shape index (κ1) is 9.13. The Morgan fingerprint density at radius 3 is 2.93 bits per heavy atom. The number of furan rings is 1. The Kier molecular flexibility index (Phi) is 2.44. The Morgan fingerprint density at radius 1 is 1.36 bits per heavy atom. The van der Waals surface area contributed by atoms with Gasteiger partial charge in [0.25, 0.3) is 0 Å². The van der Waals surface area contributed by atoms with Crippen molar-refractivity contribution in [1.82, 2.24) is 0 Å². The van der Waals surface area contributed by atoms with E-state index in [-0.39, 0.29) is 0 Å². The van der Waals surface area contributed by atoms with E-state index >= 15 is 0 Å². The molecule has 0 saturated heterocycles. The van der Waals surface area contributed by atoms with Crippen LogP contribution in [0.3, 0.4) is 0 Å². The molecule has 0 unspecified atom stereocenters. The summed E-state index contributed by atoms with van der Waals surface area (Å²) in [5.41, 5.74) is 0.854. The molecule has 0 spiro atoms. The van der Waals surface area contributed by atoms with Gasteiger partial charge in [0, 0.05) is 17.9 Å². The van der Waals surface area contributed by atoms with E-state index in [1.54, 1.807) is 0 Å². The summed E-state index contributed by atoms with van der Waals surface area (Å²) in [4.78, 5) is 0. The molecule has 0 aliphatic heterocycles. The van der Waals surface area contributed by atoms with Crippen LogP contribution in [0.1, 0.15) is 19.6 Å². The molecule has 1 aromatic heterocycles. The van der Waals surface area contributed by atoms with Crippen LogP contribution in [0.15, 0.2) is 22.6 Å². The highest BCUT2D eigenvalue weighted by Crippen LogP contribution is 2.23. The smallest absolute Gasteiger partial charge is 0.138 e. The van der Waals surface area contributed by atoms with Gasteiger partial charge >= 0.3 is 0 Å². The van der Waals surface area contributed by atoms with Gasteiger partial charge in [0.2, 0.25) is 0 Å². The van der Waals surface area contributed by atoms with Gasteiger partial charge in [-0.15, -0.1) is 0 Å². The summed E-state index contributed by atoms with van der Waals surface area (Å²) in [6, 6.07) is 8.92. The molecular formula is C12H13O2. The van der Waals surface area contributed by atoms with Crippen molar-refractivity contribution in [3.8, 4) is 5.75 Å². The molecule has 2 rings (SSSR count). The number of hydrogen-bond acceptors (Lipinski definition) is 2. The Morgan fingerprint density at radius 2 is 2.21 bits per heavy atom. The summed E-state index contributed by atoms with van der Waals surface area (Å²) < 4.78 is 11.0. The van der Waals surface area contributed by atoms with Crippen LogP contribution >= 0.6 is 0 Å². The normalized spacial score (nSPS) is 10.7. The third-order valence-electron chi connectivity index (χ3n) is 2.11. The van der Waals surface area contributed by atoms with Crippen molar-refractivity contribution in [3.05, 3.63) is 30.0 Å². The number of hydrogen-bond donors (Lipinski definition) is 0. The third-order valence-corrected chi connectivity index (χ3v) is 2.11. The van der Waals surface area contributed by atoms with Crippen LogP contribution in [0.5, 0.6) is 5.75 Å². The predicted molar refractivity (Wildman–Crippen MR) is 55.6 cm³/mol. The van der Waals surface area contributed by atoms with Crippen LogP contribution in [0.4, 0.5) is 0 Å². The highest BCUT2D eigenvalue weighted by molar-refractivity contribution is 5.78. The summed E-state index contributed by atoms with van der Waals surface area (Å²) in [6.07, 6.45) is 0.909. The highest BCUT2D eigenvalue weighted by Gasteiger charge is 2.03. The van der Waals surface area contributed by atoms with Crippen LogP contribution in [0.2, 0.25) is 0 Å². The molecular weight excluding hydrogens is 176 g/mol. The lowest BCUT2D eigenvalue weighted by atomic mass is 10.2. The number of aryl methyl sites for hydroxylation is 1. The fourth-order valence-electron chi connectivity index (χ4n) is 1.42. The second kappa shape index (κ2) is 3.74. The van der Waals surface area contributed by atoms with E-state index in [1.165, 1.54) is 0 Å². The van der Waals surface area contributed by atoms with Gasteiger partial charge in [-0.25, -0.2) is 0 Å². The number of rotatable bonds is 3. The molecule has 0 atom stereocenters. The van der Waals surface area contributed by atoms with Gasteiger partial charge in [-0.3, -0.25) is 0 Å². The van der Waals surface area contributed by atoms with Gasteiger partial charge < -0.3 is 9.15 Å². The lowest BCUT2D eigenvalue weighted by Crippen LogP contribution is -1.90. The molecule has 0 bridgehead atoms. The van der Waals surface area contributed by atoms with E-state index in [0.29, 0.717) is 6.61 Å². The zero-order valence-electron chi connectivity index (χ0n) is 8.46. The minimum atomic E-state index is 0.667. The maximum atomic E-state index is 5.59. The summed E-state index contributed by atoms with van der Waals surface area (Å²) in [5, 5.41) is 1.02. The Labute approximate surface area is 83.5 Å². The Hall–Kier alpha value is -1.44. The summed E-state index contributed by atoms with van der Waals surface area (Å²) >= 11 is 0. The minimum Gasteiger partial charge on any atom is -0.494 e. The van der Waals surface area contributed by atoms with Gasteiger partial charge in [-0.05, 0) is 25.1 Å². The fourth-order valence-corrected chi connectivity index (χ4v) is 1.42. The molecule has 0 aliphatic carbocycles. The lowest BCUT2D eigenvalue weighted by molar-refractivity contribution is 0.340.